The van der Waals surface area contributed by atoms with E-state index in [9.17, 15) is 4.79 Å². The molecule has 0 bridgehead atoms. The lowest BCUT2D eigenvalue weighted by atomic mass is 9.96. The van der Waals surface area contributed by atoms with Crippen LogP contribution in [0, 0.1) is 6.92 Å². The first-order valence-corrected chi connectivity index (χ1v) is 9.66. The molecule has 4 rings (SSSR count). The summed E-state index contributed by atoms with van der Waals surface area (Å²) in [5, 5.41) is 0. The number of hydrogen-bond donors (Lipinski definition) is 0. The number of benzene rings is 2. The van der Waals surface area contributed by atoms with Crippen LogP contribution in [-0.4, -0.2) is 53.9 Å². The molecule has 5 nitrogen and oxygen atoms in total. The molecule has 0 radical (unpaired) electrons. The molecule has 1 aliphatic rings. The molecule has 0 saturated carbocycles. The predicted octanol–water partition coefficient (Wildman–Crippen LogP) is 3.63. The Balaban J connectivity index is 1.49. The molecule has 2 heterocycles. The minimum absolute atomic E-state index is 0.211. The summed E-state index contributed by atoms with van der Waals surface area (Å²) in [7, 11) is 2.10. The van der Waals surface area contributed by atoms with Crippen LogP contribution >= 0.6 is 0 Å². The zero-order valence-electron chi connectivity index (χ0n) is 16.4. The van der Waals surface area contributed by atoms with Gasteiger partial charge in [0.25, 0.3) is 0 Å². The summed E-state index contributed by atoms with van der Waals surface area (Å²) in [5.74, 6) is 0.832. The molecule has 1 aromatic heterocycles. The highest BCUT2D eigenvalue weighted by atomic mass is 16.3. The maximum atomic E-state index is 12.5. The molecule has 0 aliphatic carbocycles. The van der Waals surface area contributed by atoms with E-state index in [2.05, 4.69) is 60.3 Å². The van der Waals surface area contributed by atoms with Crippen LogP contribution in [0.2, 0.25) is 0 Å². The van der Waals surface area contributed by atoms with Crippen molar-refractivity contribution in [2.75, 3.05) is 33.2 Å². The number of nitrogens with zero attached hydrogens (tertiary/aromatic N) is 3. The summed E-state index contributed by atoms with van der Waals surface area (Å²) < 4.78 is 5.42. The molecule has 2 aromatic carbocycles. The zero-order valence-corrected chi connectivity index (χ0v) is 16.4. The molecule has 28 heavy (non-hydrogen) atoms. The van der Waals surface area contributed by atoms with E-state index >= 15 is 0 Å². The Morgan fingerprint density at radius 3 is 2.43 bits per heavy atom. The van der Waals surface area contributed by atoms with Gasteiger partial charge in [-0.3, -0.25) is 4.79 Å². The third-order valence-electron chi connectivity index (χ3n) is 5.39. The normalized spacial score (nSPS) is 15.0. The highest BCUT2D eigenvalue weighted by Crippen LogP contribution is 2.29. The van der Waals surface area contributed by atoms with Gasteiger partial charge in [-0.2, -0.15) is 0 Å². The Bertz CT molecular complexity index is 940. The van der Waals surface area contributed by atoms with Crippen LogP contribution < -0.4 is 0 Å². The second kappa shape index (κ2) is 7.98. The van der Waals surface area contributed by atoms with Gasteiger partial charge in [0.2, 0.25) is 11.8 Å². The second-order valence-corrected chi connectivity index (χ2v) is 7.42. The maximum Gasteiger partial charge on any atom is 0.227 e. The molecule has 1 fully saturated rings. The monoisotopic (exact) mass is 375 g/mol. The van der Waals surface area contributed by atoms with E-state index in [1.807, 2.05) is 11.0 Å². The largest absolute Gasteiger partial charge is 0.445 e. The number of hydrogen-bond acceptors (Lipinski definition) is 4. The van der Waals surface area contributed by atoms with Crippen LogP contribution in [0.25, 0.3) is 22.6 Å². The lowest BCUT2D eigenvalue weighted by Crippen LogP contribution is -2.47. The van der Waals surface area contributed by atoms with Crippen molar-refractivity contribution < 1.29 is 9.21 Å². The third kappa shape index (κ3) is 3.99. The minimum Gasteiger partial charge on any atom is -0.445 e. The van der Waals surface area contributed by atoms with Crippen molar-refractivity contribution in [2.24, 2.45) is 0 Å². The summed E-state index contributed by atoms with van der Waals surface area (Å²) in [5.41, 5.74) is 5.47. The van der Waals surface area contributed by atoms with Gasteiger partial charge in [-0.15, -0.1) is 0 Å². The Hall–Kier alpha value is -2.92. The van der Waals surface area contributed by atoms with E-state index in [1.54, 1.807) is 12.5 Å². The Labute approximate surface area is 165 Å². The zero-order chi connectivity index (χ0) is 19.5. The average molecular weight is 375 g/mol. The molecule has 0 atom stereocenters. The molecule has 144 valence electrons. The second-order valence-electron chi connectivity index (χ2n) is 7.42. The topological polar surface area (TPSA) is 49.6 Å². The molecule has 0 spiro atoms. The lowest BCUT2D eigenvalue weighted by molar-refractivity contribution is -0.132. The van der Waals surface area contributed by atoms with Gasteiger partial charge in [-0.05, 0) is 48.4 Å². The van der Waals surface area contributed by atoms with E-state index in [1.165, 1.54) is 5.56 Å². The molecule has 0 unspecified atom stereocenters. The van der Waals surface area contributed by atoms with Crippen molar-refractivity contribution in [1.29, 1.82) is 0 Å². The van der Waals surface area contributed by atoms with E-state index < -0.39 is 0 Å². The number of amides is 1. The van der Waals surface area contributed by atoms with E-state index in [0.29, 0.717) is 12.3 Å². The Morgan fingerprint density at radius 1 is 1.04 bits per heavy atom. The Morgan fingerprint density at radius 2 is 1.75 bits per heavy atom. The fourth-order valence-corrected chi connectivity index (χ4v) is 3.58. The van der Waals surface area contributed by atoms with Crippen molar-refractivity contribution in [2.45, 2.75) is 13.3 Å². The van der Waals surface area contributed by atoms with Gasteiger partial charge in [0.1, 0.15) is 6.26 Å². The number of carbonyl (C=O) groups excluding carboxylic acids is 1. The quantitative estimate of drug-likeness (QED) is 0.699. The van der Waals surface area contributed by atoms with Crippen LogP contribution in [-0.2, 0) is 11.2 Å². The van der Waals surface area contributed by atoms with Crippen LogP contribution in [0.3, 0.4) is 0 Å². The first kappa shape index (κ1) is 18.4. The minimum atomic E-state index is 0.211. The number of rotatable bonds is 4. The van der Waals surface area contributed by atoms with Crippen LogP contribution in [0.1, 0.15) is 11.1 Å². The predicted molar refractivity (Wildman–Crippen MR) is 110 cm³/mol. The summed E-state index contributed by atoms with van der Waals surface area (Å²) in [6, 6.07) is 14.5. The van der Waals surface area contributed by atoms with Gasteiger partial charge < -0.3 is 14.2 Å². The summed E-state index contributed by atoms with van der Waals surface area (Å²) in [6.07, 6.45) is 3.70. The number of oxazole rings is 1. The maximum absolute atomic E-state index is 12.5. The standard InChI is InChI=1S/C23H25N3O2/c1-17-3-6-20(23-24-9-14-28-23)16-21(17)19-7-4-18(5-8-19)15-22(27)26-12-10-25(2)11-13-26/h3-9,14,16H,10-13,15H2,1-2H3. The van der Waals surface area contributed by atoms with Crippen molar-refractivity contribution in [3.63, 3.8) is 0 Å². The molecule has 3 aromatic rings. The molecule has 1 saturated heterocycles. The van der Waals surface area contributed by atoms with Crippen LogP contribution in [0.15, 0.2) is 59.3 Å². The number of likely N-dealkylation sites (N-methyl/N-ethyl adjacent to an activating group) is 1. The van der Waals surface area contributed by atoms with Crippen molar-refractivity contribution >= 4 is 5.91 Å². The van der Waals surface area contributed by atoms with Gasteiger partial charge in [0.05, 0.1) is 12.6 Å². The highest BCUT2D eigenvalue weighted by molar-refractivity contribution is 5.79. The van der Waals surface area contributed by atoms with Gasteiger partial charge in [-0.25, -0.2) is 4.98 Å². The highest BCUT2D eigenvalue weighted by Gasteiger charge is 2.19. The van der Waals surface area contributed by atoms with E-state index in [4.69, 9.17) is 4.42 Å². The summed E-state index contributed by atoms with van der Waals surface area (Å²) in [6.45, 7) is 5.63. The third-order valence-corrected chi connectivity index (χ3v) is 5.39. The fraction of sp³-hybridized carbons (Fsp3) is 0.304. The Kier molecular flexibility index (Phi) is 5.26. The van der Waals surface area contributed by atoms with Gasteiger partial charge in [0, 0.05) is 31.7 Å². The number of aryl methyl sites for hydroxylation is 1. The van der Waals surface area contributed by atoms with Gasteiger partial charge in [-0.1, -0.05) is 30.3 Å². The van der Waals surface area contributed by atoms with Crippen LogP contribution in [0.4, 0.5) is 0 Å². The smallest absolute Gasteiger partial charge is 0.227 e. The van der Waals surface area contributed by atoms with Gasteiger partial charge in [0.15, 0.2) is 0 Å². The number of aromatic nitrogens is 1. The SMILES string of the molecule is Cc1ccc(-c2ncco2)cc1-c1ccc(CC(=O)N2CCN(C)CC2)cc1. The van der Waals surface area contributed by atoms with E-state index in [0.717, 1.165) is 48.4 Å². The summed E-state index contributed by atoms with van der Waals surface area (Å²) in [4.78, 5) is 21.0. The molecule has 0 N–H and O–H groups in total. The lowest BCUT2D eigenvalue weighted by Gasteiger charge is -2.32. The first-order valence-electron chi connectivity index (χ1n) is 9.66. The molecular weight excluding hydrogens is 350 g/mol. The average Bonchev–Trinajstić information content (AvgIpc) is 3.24. The fourth-order valence-electron chi connectivity index (χ4n) is 3.58. The summed E-state index contributed by atoms with van der Waals surface area (Å²) >= 11 is 0. The van der Waals surface area contributed by atoms with Crippen molar-refractivity contribution in [3.8, 4) is 22.6 Å². The van der Waals surface area contributed by atoms with Crippen molar-refractivity contribution in [3.05, 3.63) is 66.1 Å². The number of carbonyl (C=O) groups is 1. The van der Waals surface area contributed by atoms with E-state index in [-0.39, 0.29) is 5.91 Å². The molecule has 1 aliphatic heterocycles. The molecule has 5 heteroatoms. The first-order chi connectivity index (χ1) is 13.6. The van der Waals surface area contributed by atoms with Crippen LogP contribution in [0.5, 0.6) is 0 Å². The van der Waals surface area contributed by atoms with Crippen molar-refractivity contribution in [1.82, 2.24) is 14.8 Å². The number of piperazine rings is 1. The van der Waals surface area contributed by atoms with Gasteiger partial charge >= 0.3 is 0 Å². The molecular formula is C23H25N3O2. The molecule has 1 amide bonds.